The van der Waals surface area contributed by atoms with E-state index in [1.54, 1.807) is 24.5 Å². The third-order valence-corrected chi connectivity index (χ3v) is 2.80. The molecule has 2 rings (SSSR count). The number of rotatable bonds is 6. The van der Waals surface area contributed by atoms with Crippen molar-refractivity contribution in [2.45, 2.75) is 26.7 Å². The molecule has 6 nitrogen and oxygen atoms in total. The van der Waals surface area contributed by atoms with Gasteiger partial charge in [0.15, 0.2) is 0 Å². The van der Waals surface area contributed by atoms with E-state index in [1.807, 2.05) is 13.0 Å². The van der Waals surface area contributed by atoms with Crippen molar-refractivity contribution in [2.24, 2.45) is 0 Å². The molecule has 0 fully saturated rings. The maximum atomic E-state index is 12.3. The summed E-state index contributed by atoms with van der Waals surface area (Å²) in [5, 5.41) is 5.82. The highest BCUT2D eigenvalue weighted by Gasteiger charge is 2.11. The van der Waals surface area contributed by atoms with Crippen LogP contribution in [0.15, 0.2) is 30.6 Å². The number of aryl methyl sites for hydroxylation is 1. The molecular formula is C15H19N5O. The number of aromatic nitrogens is 3. The zero-order valence-corrected chi connectivity index (χ0v) is 12.3. The van der Waals surface area contributed by atoms with Gasteiger partial charge in [0.25, 0.3) is 5.91 Å². The molecule has 0 spiro atoms. The SMILES string of the molecule is CCCc1cc(C(=O)Nc2ncccn2)cc(NCC)n1. The van der Waals surface area contributed by atoms with Crippen molar-refractivity contribution >= 4 is 17.7 Å². The predicted octanol–water partition coefficient (Wildman–Crippen LogP) is 2.51. The Hall–Kier alpha value is -2.50. The molecule has 0 atom stereocenters. The van der Waals surface area contributed by atoms with Crippen LogP contribution in [0.3, 0.4) is 0 Å². The molecule has 110 valence electrons. The molecule has 2 aromatic heterocycles. The Labute approximate surface area is 124 Å². The molecule has 1 amide bonds. The number of amides is 1. The minimum atomic E-state index is -0.236. The van der Waals surface area contributed by atoms with Gasteiger partial charge in [-0.15, -0.1) is 0 Å². The number of hydrogen-bond acceptors (Lipinski definition) is 5. The van der Waals surface area contributed by atoms with Gasteiger partial charge in [-0.25, -0.2) is 15.0 Å². The second kappa shape index (κ2) is 7.33. The monoisotopic (exact) mass is 285 g/mol. The first-order valence-corrected chi connectivity index (χ1v) is 7.06. The van der Waals surface area contributed by atoms with Gasteiger partial charge < -0.3 is 5.32 Å². The molecule has 0 unspecified atom stereocenters. The molecule has 0 saturated heterocycles. The van der Waals surface area contributed by atoms with E-state index < -0.39 is 0 Å². The number of anilines is 2. The van der Waals surface area contributed by atoms with Gasteiger partial charge in [-0.2, -0.15) is 0 Å². The summed E-state index contributed by atoms with van der Waals surface area (Å²) in [5.74, 6) is 0.768. The zero-order chi connectivity index (χ0) is 15.1. The van der Waals surface area contributed by atoms with Crippen molar-refractivity contribution in [2.75, 3.05) is 17.2 Å². The van der Waals surface area contributed by atoms with Crippen molar-refractivity contribution in [3.8, 4) is 0 Å². The number of carbonyl (C=O) groups excluding carboxylic acids is 1. The first kappa shape index (κ1) is 14.9. The quantitative estimate of drug-likeness (QED) is 0.852. The highest BCUT2D eigenvalue weighted by atomic mass is 16.1. The highest BCUT2D eigenvalue weighted by Crippen LogP contribution is 2.13. The van der Waals surface area contributed by atoms with Crippen molar-refractivity contribution in [3.63, 3.8) is 0 Å². The molecular weight excluding hydrogens is 266 g/mol. The minimum absolute atomic E-state index is 0.236. The number of nitrogens with zero attached hydrogens (tertiary/aromatic N) is 3. The van der Waals surface area contributed by atoms with Crippen molar-refractivity contribution in [1.29, 1.82) is 0 Å². The van der Waals surface area contributed by atoms with Crippen molar-refractivity contribution < 1.29 is 4.79 Å². The largest absolute Gasteiger partial charge is 0.370 e. The second-order valence-corrected chi connectivity index (χ2v) is 4.54. The van der Waals surface area contributed by atoms with Gasteiger partial charge in [-0.05, 0) is 31.5 Å². The third kappa shape index (κ3) is 4.24. The average Bonchev–Trinajstić information content (AvgIpc) is 2.49. The number of nitrogens with one attached hydrogen (secondary N) is 2. The fraction of sp³-hybridized carbons (Fsp3) is 0.333. The molecule has 2 aromatic rings. The van der Waals surface area contributed by atoms with E-state index in [0.29, 0.717) is 17.3 Å². The molecule has 0 aromatic carbocycles. The van der Waals surface area contributed by atoms with Crippen LogP contribution in [0, 0.1) is 0 Å². The predicted molar refractivity (Wildman–Crippen MR) is 82.4 cm³/mol. The van der Waals surface area contributed by atoms with Gasteiger partial charge in [0.1, 0.15) is 5.82 Å². The highest BCUT2D eigenvalue weighted by molar-refractivity contribution is 6.03. The van der Waals surface area contributed by atoms with Crippen LogP contribution in [0.4, 0.5) is 11.8 Å². The fourth-order valence-electron chi connectivity index (χ4n) is 1.91. The molecule has 0 bridgehead atoms. The lowest BCUT2D eigenvalue weighted by atomic mass is 10.1. The molecule has 0 radical (unpaired) electrons. The van der Waals surface area contributed by atoms with Crippen molar-refractivity contribution in [3.05, 3.63) is 41.9 Å². The third-order valence-electron chi connectivity index (χ3n) is 2.80. The number of pyridine rings is 1. The van der Waals surface area contributed by atoms with Crippen LogP contribution >= 0.6 is 0 Å². The van der Waals surface area contributed by atoms with E-state index in [4.69, 9.17) is 0 Å². The summed E-state index contributed by atoms with van der Waals surface area (Å²) in [6.45, 7) is 4.83. The Kier molecular flexibility index (Phi) is 5.20. The van der Waals surface area contributed by atoms with E-state index in [9.17, 15) is 4.79 Å². The van der Waals surface area contributed by atoms with Crippen LogP contribution in [-0.4, -0.2) is 27.4 Å². The Balaban J connectivity index is 2.22. The Bertz CT molecular complexity index is 576. The second-order valence-electron chi connectivity index (χ2n) is 4.54. The van der Waals surface area contributed by atoms with Gasteiger partial charge in [-0.3, -0.25) is 10.1 Å². The molecule has 0 aliphatic heterocycles. The molecule has 21 heavy (non-hydrogen) atoms. The minimum Gasteiger partial charge on any atom is -0.370 e. The van der Waals surface area contributed by atoms with Gasteiger partial charge >= 0.3 is 0 Å². The smallest absolute Gasteiger partial charge is 0.258 e. The van der Waals surface area contributed by atoms with Crippen LogP contribution in [0.5, 0.6) is 0 Å². The van der Waals surface area contributed by atoms with Crippen LogP contribution < -0.4 is 10.6 Å². The molecule has 0 aliphatic carbocycles. The summed E-state index contributed by atoms with van der Waals surface area (Å²) in [5.41, 5.74) is 1.45. The summed E-state index contributed by atoms with van der Waals surface area (Å²) in [6, 6.07) is 5.24. The lowest BCUT2D eigenvalue weighted by Crippen LogP contribution is -2.15. The van der Waals surface area contributed by atoms with Gasteiger partial charge in [-0.1, -0.05) is 13.3 Å². The number of hydrogen-bond donors (Lipinski definition) is 2. The summed E-state index contributed by atoms with van der Waals surface area (Å²) < 4.78 is 0. The molecule has 2 N–H and O–H groups in total. The Morgan fingerprint density at radius 3 is 2.62 bits per heavy atom. The van der Waals surface area contributed by atoms with Gasteiger partial charge in [0.05, 0.1) is 0 Å². The summed E-state index contributed by atoms with van der Waals surface area (Å²) in [4.78, 5) is 24.7. The zero-order valence-electron chi connectivity index (χ0n) is 12.3. The van der Waals surface area contributed by atoms with Crippen LogP contribution in [-0.2, 0) is 6.42 Å². The normalized spacial score (nSPS) is 10.2. The van der Waals surface area contributed by atoms with E-state index in [-0.39, 0.29) is 5.91 Å². The Morgan fingerprint density at radius 2 is 1.95 bits per heavy atom. The van der Waals surface area contributed by atoms with Gasteiger partial charge in [0.2, 0.25) is 5.95 Å². The van der Waals surface area contributed by atoms with Crippen LogP contribution in [0.1, 0.15) is 36.3 Å². The molecule has 0 saturated carbocycles. The standard InChI is InChI=1S/C15H19N5O/c1-3-6-12-9-11(10-13(19-12)16-4-2)14(21)20-15-17-7-5-8-18-15/h5,7-10H,3-4,6H2,1-2H3,(H,16,19)(H,17,18,20,21). The maximum Gasteiger partial charge on any atom is 0.258 e. The molecule has 0 aliphatic rings. The summed E-state index contributed by atoms with van der Waals surface area (Å²) in [7, 11) is 0. The first-order chi connectivity index (χ1) is 10.2. The molecule has 6 heteroatoms. The average molecular weight is 285 g/mol. The molecule has 2 heterocycles. The lowest BCUT2D eigenvalue weighted by molar-refractivity contribution is 0.102. The lowest BCUT2D eigenvalue weighted by Gasteiger charge is -2.09. The number of carbonyl (C=O) groups is 1. The maximum absolute atomic E-state index is 12.3. The van der Waals surface area contributed by atoms with E-state index in [1.165, 1.54) is 0 Å². The first-order valence-electron chi connectivity index (χ1n) is 7.06. The van der Waals surface area contributed by atoms with E-state index >= 15 is 0 Å². The summed E-state index contributed by atoms with van der Waals surface area (Å²) in [6.07, 6.45) is 4.98. The van der Waals surface area contributed by atoms with Gasteiger partial charge in [0, 0.05) is 30.2 Å². The van der Waals surface area contributed by atoms with Crippen LogP contribution in [0.2, 0.25) is 0 Å². The fourth-order valence-corrected chi connectivity index (χ4v) is 1.91. The topological polar surface area (TPSA) is 79.8 Å². The van der Waals surface area contributed by atoms with Crippen LogP contribution in [0.25, 0.3) is 0 Å². The van der Waals surface area contributed by atoms with E-state index in [2.05, 4.69) is 32.5 Å². The Morgan fingerprint density at radius 1 is 1.19 bits per heavy atom. The summed E-state index contributed by atoms with van der Waals surface area (Å²) >= 11 is 0. The van der Waals surface area contributed by atoms with E-state index in [0.717, 1.165) is 25.1 Å². The van der Waals surface area contributed by atoms with Crippen molar-refractivity contribution in [1.82, 2.24) is 15.0 Å².